The first-order chi connectivity index (χ1) is 13.0. The summed E-state index contributed by atoms with van der Waals surface area (Å²) in [6.07, 6.45) is 7.02. The summed E-state index contributed by atoms with van der Waals surface area (Å²) >= 11 is 0. The van der Waals surface area contributed by atoms with Crippen LogP contribution in [-0.2, 0) is 9.59 Å². The number of carbonyl (C=O) groups excluding carboxylic acids is 2. The highest BCUT2D eigenvalue weighted by molar-refractivity contribution is 5.96. The molecule has 1 heterocycles. The second-order valence-corrected chi connectivity index (χ2v) is 7.93. The van der Waals surface area contributed by atoms with Crippen LogP contribution in [0.4, 0.5) is 5.69 Å². The summed E-state index contributed by atoms with van der Waals surface area (Å²) in [6.45, 7) is 1.62. The molecular formula is C21H28N2O4. The van der Waals surface area contributed by atoms with Crippen molar-refractivity contribution in [1.82, 2.24) is 4.90 Å². The van der Waals surface area contributed by atoms with Crippen LogP contribution >= 0.6 is 0 Å². The van der Waals surface area contributed by atoms with E-state index >= 15 is 0 Å². The van der Waals surface area contributed by atoms with E-state index in [1.807, 2.05) is 4.90 Å². The van der Waals surface area contributed by atoms with Crippen LogP contribution in [-0.4, -0.2) is 40.9 Å². The van der Waals surface area contributed by atoms with Crippen LogP contribution in [0.25, 0.3) is 0 Å². The summed E-state index contributed by atoms with van der Waals surface area (Å²) in [5.74, 6) is -0.959. The van der Waals surface area contributed by atoms with Gasteiger partial charge in [0.25, 0.3) is 5.91 Å². The van der Waals surface area contributed by atoms with Gasteiger partial charge in [0, 0.05) is 30.8 Å². The number of rotatable bonds is 6. The van der Waals surface area contributed by atoms with Crippen molar-refractivity contribution in [1.29, 1.82) is 0 Å². The van der Waals surface area contributed by atoms with E-state index in [1.165, 1.54) is 0 Å². The van der Waals surface area contributed by atoms with E-state index in [2.05, 4.69) is 5.32 Å². The van der Waals surface area contributed by atoms with Crippen LogP contribution in [0.5, 0.6) is 0 Å². The van der Waals surface area contributed by atoms with E-state index in [1.54, 1.807) is 24.3 Å². The number of nitrogens with one attached hydrogen (secondary N) is 1. The van der Waals surface area contributed by atoms with Crippen molar-refractivity contribution >= 4 is 23.5 Å². The Bertz CT molecular complexity index is 687. The number of likely N-dealkylation sites (tertiary alicyclic amines) is 1. The number of nitrogens with zero attached hydrogens (tertiary/aromatic N) is 1. The first kappa shape index (κ1) is 19.4. The van der Waals surface area contributed by atoms with Gasteiger partial charge >= 0.3 is 5.97 Å². The lowest BCUT2D eigenvalue weighted by Gasteiger charge is -2.35. The van der Waals surface area contributed by atoms with E-state index < -0.39 is 11.4 Å². The van der Waals surface area contributed by atoms with Gasteiger partial charge in [-0.15, -0.1) is 0 Å². The number of hydrogen-bond acceptors (Lipinski definition) is 3. The Morgan fingerprint density at radius 3 is 2.15 bits per heavy atom. The Hall–Kier alpha value is -2.37. The molecule has 1 aliphatic heterocycles. The SMILES string of the molecule is O=C(O)CC1(CC(=O)Nc2ccc(C(=O)N3CCCC3)cc2)CCCCC1. The van der Waals surface area contributed by atoms with Gasteiger partial charge in [0.1, 0.15) is 0 Å². The number of benzene rings is 1. The molecular weight excluding hydrogens is 344 g/mol. The van der Waals surface area contributed by atoms with Crippen LogP contribution < -0.4 is 5.32 Å². The first-order valence-corrected chi connectivity index (χ1v) is 9.88. The second kappa shape index (κ2) is 8.55. The average molecular weight is 372 g/mol. The number of aliphatic carboxylic acids is 1. The Morgan fingerprint density at radius 2 is 1.56 bits per heavy atom. The summed E-state index contributed by atoms with van der Waals surface area (Å²) < 4.78 is 0. The molecule has 2 aliphatic rings. The predicted octanol–water partition coefficient (Wildman–Crippen LogP) is 3.68. The minimum absolute atomic E-state index is 0.0352. The Kier molecular flexibility index (Phi) is 6.14. The molecule has 2 amide bonds. The zero-order valence-electron chi connectivity index (χ0n) is 15.7. The molecule has 3 rings (SSSR count). The van der Waals surface area contributed by atoms with Gasteiger partial charge in [-0.05, 0) is 55.4 Å². The molecule has 146 valence electrons. The summed E-state index contributed by atoms with van der Waals surface area (Å²) in [5, 5.41) is 12.1. The molecule has 0 spiro atoms. The highest BCUT2D eigenvalue weighted by Crippen LogP contribution is 2.42. The largest absolute Gasteiger partial charge is 0.481 e. The van der Waals surface area contributed by atoms with E-state index in [-0.39, 0.29) is 24.7 Å². The van der Waals surface area contributed by atoms with Gasteiger partial charge in [0.05, 0.1) is 6.42 Å². The topological polar surface area (TPSA) is 86.7 Å². The van der Waals surface area contributed by atoms with Gasteiger partial charge in [-0.3, -0.25) is 14.4 Å². The second-order valence-electron chi connectivity index (χ2n) is 7.93. The van der Waals surface area contributed by atoms with Crippen LogP contribution in [0, 0.1) is 5.41 Å². The molecule has 2 fully saturated rings. The molecule has 27 heavy (non-hydrogen) atoms. The maximum absolute atomic E-state index is 12.5. The standard InChI is InChI=1S/C21H28N2O4/c24-18(14-21(15-19(25)26)10-2-1-3-11-21)22-17-8-6-16(7-9-17)20(27)23-12-4-5-13-23/h6-9H,1-5,10-15H2,(H,22,24)(H,25,26). The first-order valence-electron chi connectivity index (χ1n) is 9.88. The molecule has 0 radical (unpaired) electrons. The molecule has 2 N–H and O–H groups in total. The third kappa shape index (κ3) is 5.08. The maximum atomic E-state index is 12.5. The zero-order valence-corrected chi connectivity index (χ0v) is 15.7. The van der Waals surface area contributed by atoms with Crippen LogP contribution in [0.1, 0.15) is 68.1 Å². The third-order valence-electron chi connectivity index (χ3n) is 5.78. The number of carboxylic acids is 1. The number of hydrogen-bond donors (Lipinski definition) is 2. The van der Waals surface area contributed by atoms with Gasteiger partial charge in [-0.2, -0.15) is 0 Å². The summed E-state index contributed by atoms with van der Waals surface area (Å²) in [5.41, 5.74) is 0.837. The van der Waals surface area contributed by atoms with Gasteiger partial charge in [0.2, 0.25) is 5.91 Å². The molecule has 0 aromatic heterocycles. The van der Waals surface area contributed by atoms with Crippen molar-refractivity contribution in [3.8, 4) is 0 Å². The summed E-state index contributed by atoms with van der Waals surface area (Å²) in [4.78, 5) is 38.0. The molecule has 1 aromatic rings. The number of anilines is 1. The fourth-order valence-electron chi connectivity index (χ4n) is 4.38. The lowest BCUT2D eigenvalue weighted by atomic mass is 9.69. The highest BCUT2D eigenvalue weighted by Gasteiger charge is 2.36. The van der Waals surface area contributed by atoms with E-state index in [4.69, 9.17) is 0 Å². The zero-order chi connectivity index (χ0) is 19.3. The van der Waals surface area contributed by atoms with E-state index in [9.17, 15) is 19.5 Å². The lowest BCUT2D eigenvalue weighted by Crippen LogP contribution is -2.32. The fraction of sp³-hybridized carbons (Fsp3) is 0.571. The Morgan fingerprint density at radius 1 is 0.926 bits per heavy atom. The molecule has 6 heteroatoms. The summed E-state index contributed by atoms with van der Waals surface area (Å²) in [6, 6.07) is 6.96. The average Bonchev–Trinajstić information content (AvgIpc) is 3.16. The molecule has 1 saturated carbocycles. The van der Waals surface area contributed by atoms with Crippen molar-refractivity contribution in [2.24, 2.45) is 5.41 Å². The molecule has 0 bridgehead atoms. The van der Waals surface area contributed by atoms with Crippen LogP contribution in [0.2, 0.25) is 0 Å². The van der Waals surface area contributed by atoms with Gasteiger partial charge in [-0.1, -0.05) is 19.3 Å². The quantitative estimate of drug-likeness (QED) is 0.797. The van der Waals surface area contributed by atoms with Crippen molar-refractivity contribution in [2.45, 2.75) is 57.8 Å². The molecule has 0 unspecified atom stereocenters. The lowest BCUT2D eigenvalue weighted by molar-refractivity contribution is -0.140. The third-order valence-corrected chi connectivity index (χ3v) is 5.78. The van der Waals surface area contributed by atoms with Gasteiger partial charge < -0.3 is 15.3 Å². The fourth-order valence-corrected chi connectivity index (χ4v) is 4.38. The molecule has 0 atom stereocenters. The van der Waals surface area contributed by atoms with Gasteiger partial charge in [-0.25, -0.2) is 0 Å². The van der Waals surface area contributed by atoms with E-state index in [0.29, 0.717) is 11.3 Å². The maximum Gasteiger partial charge on any atom is 0.303 e. The normalized spacial score (nSPS) is 18.9. The van der Waals surface area contributed by atoms with E-state index in [0.717, 1.165) is 58.0 Å². The summed E-state index contributed by atoms with van der Waals surface area (Å²) in [7, 11) is 0. The Labute approximate surface area is 159 Å². The monoisotopic (exact) mass is 372 g/mol. The van der Waals surface area contributed by atoms with Crippen molar-refractivity contribution < 1.29 is 19.5 Å². The number of amides is 2. The number of carbonyl (C=O) groups is 3. The van der Waals surface area contributed by atoms with Gasteiger partial charge in [0.15, 0.2) is 0 Å². The predicted molar refractivity (Wildman–Crippen MR) is 103 cm³/mol. The number of carboxylic acid groups (broad SMARTS) is 1. The molecule has 6 nitrogen and oxygen atoms in total. The van der Waals surface area contributed by atoms with Crippen molar-refractivity contribution in [3.63, 3.8) is 0 Å². The van der Waals surface area contributed by atoms with Crippen molar-refractivity contribution in [3.05, 3.63) is 29.8 Å². The molecule has 1 aromatic carbocycles. The molecule has 1 saturated heterocycles. The Balaban J connectivity index is 1.59. The highest BCUT2D eigenvalue weighted by atomic mass is 16.4. The van der Waals surface area contributed by atoms with Crippen LogP contribution in [0.3, 0.4) is 0 Å². The van der Waals surface area contributed by atoms with Crippen molar-refractivity contribution in [2.75, 3.05) is 18.4 Å². The van der Waals surface area contributed by atoms with Crippen LogP contribution in [0.15, 0.2) is 24.3 Å². The smallest absolute Gasteiger partial charge is 0.303 e. The minimum Gasteiger partial charge on any atom is -0.481 e. The minimum atomic E-state index is -0.838. The molecule has 1 aliphatic carbocycles.